The highest BCUT2D eigenvalue weighted by Crippen LogP contribution is 2.33. The van der Waals surface area contributed by atoms with E-state index in [1.807, 2.05) is 0 Å². The maximum Gasteiger partial charge on any atom is 0.416 e. The summed E-state index contributed by atoms with van der Waals surface area (Å²) in [5, 5.41) is 9.07. The van der Waals surface area contributed by atoms with Gasteiger partial charge in [-0.05, 0) is 34.1 Å². The third-order valence-corrected chi connectivity index (χ3v) is 3.45. The van der Waals surface area contributed by atoms with Gasteiger partial charge in [-0.25, -0.2) is 4.98 Å². The number of aliphatic hydroxyl groups is 1. The molecule has 2 rings (SSSR count). The smallest absolute Gasteiger partial charge is 0.394 e. The van der Waals surface area contributed by atoms with Crippen molar-refractivity contribution in [2.45, 2.75) is 12.2 Å². The third kappa shape index (κ3) is 2.87. The number of alkyl halides is 3. The Kier molecular flexibility index (Phi) is 4.17. The van der Waals surface area contributed by atoms with Crippen LogP contribution in [-0.4, -0.2) is 21.3 Å². The first-order valence-electron chi connectivity index (χ1n) is 5.60. The Labute approximate surface area is 121 Å². The van der Waals surface area contributed by atoms with Crippen LogP contribution < -0.4 is 5.73 Å². The van der Waals surface area contributed by atoms with Gasteiger partial charge in [-0.1, -0.05) is 0 Å². The molecule has 2 aromatic rings. The second kappa shape index (κ2) is 5.55. The van der Waals surface area contributed by atoms with Gasteiger partial charge >= 0.3 is 6.18 Å². The molecule has 0 aliphatic carbocycles. The first kappa shape index (κ1) is 15.0. The number of aliphatic hydroxyl groups excluding tert-OH is 1. The number of imidazole rings is 1. The Hall–Kier alpha value is -1.38. The van der Waals surface area contributed by atoms with Gasteiger partial charge in [0.2, 0.25) is 0 Å². The van der Waals surface area contributed by atoms with Crippen LogP contribution in [-0.2, 0) is 6.18 Å². The Balaban J connectivity index is 2.55. The zero-order chi connectivity index (χ0) is 14.9. The van der Waals surface area contributed by atoms with Gasteiger partial charge in [0.25, 0.3) is 0 Å². The van der Waals surface area contributed by atoms with Crippen molar-refractivity contribution in [2.24, 2.45) is 5.73 Å². The fourth-order valence-electron chi connectivity index (χ4n) is 1.75. The monoisotopic (exact) mass is 349 g/mol. The lowest BCUT2D eigenvalue weighted by molar-refractivity contribution is -0.137. The highest BCUT2D eigenvalue weighted by molar-refractivity contribution is 9.10. The molecule has 0 aliphatic heterocycles. The summed E-state index contributed by atoms with van der Waals surface area (Å²) < 4.78 is 40.2. The van der Waals surface area contributed by atoms with Gasteiger partial charge in [0.1, 0.15) is 0 Å². The number of nitrogens with two attached hydrogens (primary N) is 1. The lowest BCUT2D eigenvalue weighted by Gasteiger charge is -2.15. The van der Waals surface area contributed by atoms with E-state index in [-0.39, 0.29) is 12.3 Å². The summed E-state index contributed by atoms with van der Waals surface area (Å²) in [7, 11) is 0. The predicted octanol–water partition coefficient (Wildman–Crippen LogP) is 2.65. The number of halogens is 4. The van der Waals surface area contributed by atoms with E-state index in [1.165, 1.54) is 23.2 Å². The van der Waals surface area contributed by atoms with E-state index < -0.39 is 17.8 Å². The highest BCUT2D eigenvalue weighted by Gasteiger charge is 2.31. The fourth-order valence-corrected chi connectivity index (χ4v) is 2.19. The van der Waals surface area contributed by atoms with E-state index in [9.17, 15) is 13.2 Å². The minimum absolute atomic E-state index is 0.260. The van der Waals surface area contributed by atoms with Crippen molar-refractivity contribution < 1.29 is 18.3 Å². The maximum atomic E-state index is 12.8. The molecule has 0 bridgehead atoms. The summed E-state index contributed by atoms with van der Waals surface area (Å²) in [6.45, 7) is -0.331. The summed E-state index contributed by atoms with van der Waals surface area (Å²) >= 11 is 3.20. The van der Waals surface area contributed by atoms with Crippen LogP contribution in [0, 0.1) is 0 Å². The molecule has 0 aliphatic rings. The zero-order valence-electron chi connectivity index (χ0n) is 10.1. The van der Waals surface area contributed by atoms with Crippen molar-refractivity contribution in [1.82, 2.24) is 9.55 Å². The zero-order valence-corrected chi connectivity index (χ0v) is 11.7. The Bertz CT molecular complexity index is 612. The van der Waals surface area contributed by atoms with E-state index in [0.29, 0.717) is 10.2 Å². The summed E-state index contributed by atoms with van der Waals surface area (Å²) in [6.07, 6.45) is -1.67. The van der Waals surface area contributed by atoms with Crippen LogP contribution in [0.25, 0.3) is 5.69 Å². The minimum Gasteiger partial charge on any atom is -0.394 e. The molecule has 1 unspecified atom stereocenters. The second-order valence-electron chi connectivity index (χ2n) is 4.14. The molecule has 20 heavy (non-hydrogen) atoms. The predicted molar refractivity (Wildman–Crippen MR) is 70.3 cm³/mol. The number of benzene rings is 1. The van der Waals surface area contributed by atoms with Crippen LogP contribution >= 0.6 is 15.9 Å². The van der Waals surface area contributed by atoms with Gasteiger partial charge in [0.15, 0.2) is 0 Å². The van der Waals surface area contributed by atoms with Gasteiger partial charge in [-0.2, -0.15) is 13.2 Å². The molecule has 1 atom stereocenters. The topological polar surface area (TPSA) is 64.1 Å². The molecule has 0 radical (unpaired) electrons. The standard InChI is InChI=1S/C12H11BrF3N3O/c13-8-2-1-7(12(14,15)16)3-10(8)19-6-18-4-11(19)9(17)5-20/h1-4,6,9,20H,5,17H2. The largest absolute Gasteiger partial charge is 0.416 e. The van der Waals surface area contributed by atoms with E-state index in [4.69, 9.17) is 10.8 Å². The fraction of sp³-hybridized carbons (Fsp3) is 0.250. The quantitative estimate of drug-likeness (QED) is 0.895. The van der Waals surface area contributed by atoms with Crippen LogP contribution in [0.4, 0.5) is 13.2 Å². The molecule has 0 saturated heterocycles. The minimum atomic E-state index is -4.44. The molecule has 1 aromatic heterocycles. The van der Waals surface area contributed by atoms with Crippen molar-refractivity contribution in [3.05, 3.63) is 46.5 Å². The van der Waals surface area contributed by atoms with Crippen LogP contribution in [0.15, 0.2) is 35.2 Å². The highest BCUT2D eigenvalue weighted by atomic mass is 79.9. The lowest BCUT2D eigenvalue weighted by atomic mass is 10.1. The lowest BCUT2D eigenvalue weighted by Crippen LogP contribution is -2.18. The maximum absolute atomic E-state index is 12.8. The Morgan fingerprint density at radius 3 is 2.70 bits per heavy atom. The average molecular weight is 350 g/mol. The van der Waals surface area contributed by atoms with Crippen LogP contribution in [0.1, 0.15) is 17.3 Å². The van der Waals surface area contributed by atoms with E-state index in [0.717, 1.165) is 12.1 Å². The molecule has 8 heteroatoms. The number of aromatic nitrogens is 2. The van der Waals surface area contributed by atoms with Crippen molar-refractivity contribution in [2.75, 3.05) is 6.61 Å². The van der Waals surface area contributed by atoms with Gasteiger partial charge in [0.05, 0.1) is 42.1 Å². The van der Waals surface area contributed by atoms with Crippen molar-refractivity contribution in [1.29, 1.82) is 0 Å². The number of nitrogens with zero attached hydrogens (tertiary/aromatic N) is 2. The Morgan fingerprint density at radius 1 is 1.40 bits per heavy atom. The SMILES string of the molecule is NC(CO)c1cncn1-c1cc(C(F)(F)F)ccc1Br. The summed E-state index contributed by atoms with van der Waals surface area (Å²) in [4.78, 5) is 3.87. The molecular weight excluding hydrogens is 339 g/mol. The second-order valence-corrected chi connectivity index (χ2v) is 5.00. The summed E-state index contributed by atoms with van der Waals surface area (Å²) in [6, 6.07) is 2.57. The molecule has 3 N–H and O–H groups in total. The summed E-state index contributed by atoms with van der Waals surface area (Å²) in [5.74, 6) is 0. The van der Waals surface area contributed by atoms with Crippen molar-refractivity contribution >= 4 is 15.9 Å². The molecule has 0 spiro atoms. The van der Waals surface area contributed by atoms with Crippen molar-refractivity contribution in [3.8, 4) is 5.69 Å². The third-order valence-electron chi connectivity index (χ3n) is 2.78. The molecule has 0 saturated carbocycles. The van der Waals surface area contributed by atoms with E-state index >= 15 is 0 Å². The van der Waals surface area contributed by atoms with E-state index in [1.54, 1.807) is 0 Å². The average Bonchev–Trinajstić information content (AvgIpc) is 2.86. The molecule has 0 amide bonds. The van der Waals surface area contributed by atoms with Crippen LogP contribution in [0.3, 0.4) is 0 Å². The van der Waals surface area contributed by atoms with Crippen LogP contribution in [0.5, 0.6) is 0 Å². The van der Waals surface area contributed by atoms with Gasteiger partial charge in [-0.15, -0.1) is 0 Å². The number of hydrogen-bond acceptors (Lipinski definition) is 3. The first-order valence-corrected chi connectivity index (χ1v) is 6.39. The van der Waals surface area contributed by atoms with Gasteiger partial charge < -0.3 is 15.4 Å². The normalized spacial score (nSPS) is 13.5. The first-order chi connectivity index (χ1) is 9.34. The van der Waals surface area contributed by atoms with E-state index in [2.05, 4.69) is 20.9 Å². The summed E-state index contributed by atoms with van der Waals surface area (Å²) in [5.41, 5.74) is 5.62. The molecule has 1 heterocycles. The number of rotatable bonds is 3. The molecule has 4 nitrogen and oxygen atoms in total. The molecule has 0 fully saturated rings. The van der Waals surface area contributed by atoms with Gasteiger partial charge in [-0.3, -0.25) is 0 Å². The number of hydrogen-bond donors (Lipinski definition) is 2. The van der Waals surface area contributed by atoms with Crippen molar-refractivity contribution in [3.63, 3.8) is 0 Å². The Morgan fingerprint density at radius 2 is 2.10 bits per heavy atom. The van der Waals surface area contributed by atoms with Crippen LogP contribution in [0.2, 0.25) is 0 Å². The van der Waals surface area contributed by atoms with Gasteiger partial charge in [0, 0.05) is 4.47 Å². The molecular formula is C12H11BrF3N3O. The molecule has 108 valence electrons. The molecule has 1 aromatic carbocycles.